The van der Waals surface area contributed by atoms with Crippen LogP contribution in [0.25, 0.3) is 10.8 Å². The summed E-state index contributed by atoms with van der Waals surface area (Å²) >= 11 is 0. The predicted octanol–water partition coefficient (Wildman–Crippen LogP) is 4.29. The SMILES string of the molecule is CC(=O)N(C(=O)[C@H](Cc1ccc(C(F)(F)P(=O)(O)O)cc1)NC(=O)[C@H](C)N)[C@@H](Cc1ccc(C(F)(F)P(=O)(O)O)cc1)C(=O)Nc1ccc2ccccc2c1. The third-order valence-corrected chi connectivity index (χ3v) is 10.4. The number of carbonyl (C=O) groups is 4. The number of benzene rings is 4. The molecule has 20 heteroatoms. The van der Waals surface area contributed by atoms with Gasteiger partial charge in [0.1, 0.15) is 12.1 Å². The second-order valence-electron chi connectivity index (χ2n) is 12.6. The maximum atomic E-state index is 14.4. The first-order valence-corrected chi connectivity index (χ1v) is 19.4. The van der Waals surface area contributed by atoms with Gasteiger partial charge >= 0.3 is 26.5 Å². The lowest BCUT2D eigenvalue weighted by Crippen LogP contribution is -2.59. The number of amides is 4. The van der Waals surface area contributed by atoms with Gasteiger partial charge in [-0.3, -0.25) is 33.2 Å². The normalized spacial score (nSPS) is 14.1. The maximum Gasteiger partial charge on any atom is 0.399 e. The van der Waals surface area contributed by atoms with Crippen LogP contribution in [0, 0.1) is 0 Å². The first kappa shape index (κ1) is 42.9. The molecule has 0 saturated carbocycles. The van der Waals surface area contributed by atoms with Crippen molar-refractivity contribution in [3.8, 4) is 0 Å². The molecule has 0 saturated heterocycles. The molecule has 0 bridgehead atoms. The molecule has 0 unspecified atom stereocenters. The van der Waals surface area contributed by atoms with Gasteiger partial charge in [-0.05, 0) is 41.0 Å². The zero-order valence-electron chi connectivity index (χ0n) is 29.0. The molecule has 0 aromatic heterocycles. The zero-order chi connectivity index (χ0) is 41.1. The Morgan fingerprint density at radius 1 is 0.727 bits per heavy atom. The van der Waals surface area contributed by atoms with Gasteiger partial charge in [0.15, 0.2) is 0 Å². The van der Waals surface area contributed by atoms with Crippen molar-refractivity contribution < 1.29 is 65.4 Å². The van der Waals surface area contributed by atoms with E-state index >= 15 is 0 Å². The molecule has 14 nitrogen and oxygen atoms in total. The van der Waals surface area contributed by atoms with Crippen LogP contribution in [-0.2, 0) is 52.5 Å². The third-order valence-electron chi connectivity index (χ3n) is 8.44. The van der Waals surface area contributed by atoms with Crippen LogP contribution in [0.4, 0.5) is 23.2 Å². The van der Waals surface area contributed by atoms with Crippen molar-refractivity contribution in [1.82, 2.24) is 10.2 Å². The summed E-state index contributed by atoms with van der Waals surface area (Å²) in [5, 5.41) is 6.52. The average molecular weight is 811 g/mol. The second-order valence-corrected chi connectivity index (χ2v) is 15.9. The van der Waals surface area contributed by atoms with E-state index in [1.54, 1.807) is 36.4 Å². The Labute approximate surface area is 311 Å². The average Bonchev–Trinajstić information content (AvgIpc) is 3.10. The number of fused-ring (bicyclic) bond motifs is 1. The first-order valence-electron chi connectivity index (χ1n) is 16.2. The largest absolute Gasteiger partial charge is 0.399 e. The number of nitrogens with two attached hydrogens (primary N) is 1. The summed E-state index contributed by atoms with van der Waals surface area (Å²) in [6, 6.07) is 14.1. The molecule has 4 amide bonds. The molecule has 0 aliphatic carbocycles. The van der Waals surface area contributed by atoms with Gasteiger partial charge in [0.05, 0.1) is 6.04 Å². The van der Waals surface area contributed by atoms with E-state index in [-0.39, 0.29) is 16.8 Å². The van der Waals surface area contributed by atoms with Crippen LogP contribution in [0.3, 0.4) is 0 Å². The fourth-order valence-corrected chi connectivity index (χ4v) is 6.44. The van der Waals surface area contributed by atoms with Gasteiger partial charge in [-0.15, -0.1) is 0 Å². The summed E-state index contributed by atoms with van der Waals surface area (Å²) in [6.07, 6.45) is -1.04. The molecule has 55 heavy (non-hydrogen) atoms. The Morgan fingerprint density at radius 2 is 1.20 bits per heavy atom. The van der Waals surface area contributed by atoms with E-state index in [2.05, 4.69) is 10.6 Å². The Balaban J connectivity index is 1.76. The van der Waals surface area contributed by atoms with Crippen molar-refractivity contribution in [2.45, 2.75) is 56.1 Å². The summed E-state index contributed by atoms with van der Waals surface area (Å²) in [7, 11) is -11.9. The first-order chi connectivity index (χ1) is 25.4. The van der Waals surface area contributed by atoms with Gasteiger partial charge in [-0.2, -0.15) is 17.6 Å². The molecule has 294 valence electrons. The van der Waals surface area contributed by atoms with E-state index < -0.39 is 92.2 Å². The number of alkyl halides is 4. The molecule has 0 heterocycles. The number of halogens is 4. The quantitative estimate of drug-likeness (QED) is 0.0701. The Morgan fingerprint density at radius 3 is 1.65 bits per heavy atom. The highest BCUT2D eigenvalue weighted by atomic mass is 31.2. The van der Waals surface area contributed by atoms with Crippen molar-refractivity contribution in [2.75, 3.05) is 5.32 Å². The van der Waals surface area contributed by atoms with Crippen molar-refractivity contribution in [3.05, 3.63) is 113 Å². The molecule has 0 fully saturated rings. The lowest BCUT2D eigenvalue weighted by molar-refractivity contribution is -0.152. The molecule has 3 atom stereocenters. The van der Waals surface area contributed by atoms with E-state index in [1.165, 1.54) is 6.92 Å². The molecular weight excluding hydrogens is 774 g/mol. The van der Waals surface area contributed by atoms with Crippen LogP contribution >= 0.6 is 15.2 Å². The zero-order valence-corrected chi connectivity index (χ0v) is 30.8. The minimum atomic E-state index is -5.94. The van der Waals surface area contributed by atoms with E-state index in [1.807, 2.05) is 6.07 Å². The lowest BCUT2D eigenvalue weighted by Gasteiger charge is -2.32. The summed E-state index contributed by atoms with van der Waals surface area (Å²) in [6.45, 7) is 2.21. The van der Waals surface area contributed by atoms with E-state index in [0.717, 1.165) is 36.6 Å². The van der Waals surface area contributed by atoms with E-state index in [0.29, 0.717) is 34.6 Å². The van der Waals surface area contributed by atoms with Crippen LogP contribution in [0.5, 0.6) is 0 Å². The Kier molecular flexibility index (Phi) is 12.9. The fourth-order valence-electron chi connectivity index (χ4n) is 5.47. The number of nitrogens with one attached hydrogen (secondary N) is 2. The predicted molar refractivity (Wildman–Crippen MR) is 192 cm³/mol. The second kappa shape index (κ2) is 16.5. The Bertz CT molecular complexity index is 2180. The molecule has 8 N–H and O–H groups in total. The fraction of sp³-hybridized carbons (Fsp3) is 0.257. The highest BCUT2D eigenvalue weighted by molar-refractivity contribution is 7.52. The van der Waals surface area contributed by atoms with Crippen molar-refractivity contribution >= 4 is 55.3 Å². The number of hydrogen-bond acceptors (Lipinski definition) is 7. The van der Waals surface area contributed by atoms with Gasteiger partial charge in [-0.1, -0.05) is 78.9 Å². The summed E-state index contributed by atoms with van der Waals surface area (Å²) in [5.74, 6) is -4.06. The van der Waals surface area contributed by atoms with Crippen LogP contribution in [0.2, 0.25) is 0 Å². The molecule has 4 rings (SSSR count). The van der Waals surface area contributed by atoms with Crippen LogP contribution in [-0.4, -0.2) is 66.2 Å². The lowest BCUT2D eigenvalue weighted by atomic mass is 9.98. The molecule has 4 aromatic rings. The number of carbonyl (C=O) groups excluding carboxylic acids is 4. The van der Waals surface area contributed by atoms with Crippen molar-refractivity contribution in [2.24, 2.45) is 5.73 Å². The number of nitrogens with zero attached hydrogens (tertiary/aromatic N) is 1. The van der Waals surface area contributed by atoms with E-state index in [4.69, 9.17) is 25.3 Å². The van der Waals surface area contributed by atoms with Gasteiger partial charge < -0.3 is 35.9 Å². The number of anilines is 1. The summed E-state index contributed by atoms with van der Waals surface area (Å²) in [5.41, 5.74) is -5.16. The molecule has 0 radical (unpaired) electrons. The van der Waals surface area contributed by atoms with Crippen LogP contribution < -0.4 is 16.4 Å². The van der Waals surface area contributed by atoms with Crippen LogP contribution in [0.15, 0.2) is 91.0 Å². The van der Waals surface area contributed by atoms with Gasteiger partial charge in [0.25, 0.3) is 5.91 Å². The van der Waals surface area contributed by atoms with Gasteiger partial charge in [-0.25, -0.2) is 0 Å². The van der Waals surface area contributed by atoms with Crippen LogP contribution in [0.1, 0.15) is 36.1 Å². The highest BCUT2D eigenvalue weighted by Gasteiger charge is 2.51. The number of rotatable bonds is 14. The topological polar surface area (TPSA) is 237 Å². The number of imide groups is 1. The number of hydrogen-bond donors (Lipinski definition) is 7. The monoisotopic (exact) mass is 810 g/mol. The third kappa shape index (κ3) is 9.90. The highest BCUT2D eigenvalue weighted by Crippen LogP contribution is 2.60. The maximum absolute atomic E-state index is 14.4. The van der Waals surface area contributed by atoms with Crippen molar-refractivity contribution in [3.63, 3.8) is 0 Å². The molecule has 0 spiro atoms. The van der Waals surface area contributed by atoms with Crippen molar-refractivity contribution in [1.29, 1.82) is 0 Å². The standard InChI is InChI=1S/C35H36F4N4O10P2/c1-20(40)31(45)42-29(17-22-7-12-26(13-8-22)34(36,37)54(48,49)50)33(47)43(21(2)44)30(18-23-9-14-27(15-10-23)35(38,39)55(51,52)53)32(46)41-28-16-11-24-5-3-4-6-25(24)19-28/h3-16,19-20,29-30H,17-18,40H2,1-2H3,(H,41,46)(H,42,45)(H2,48,49,50)(H2,51,52,53)/t20-,29-,30-/m0/s1. The van der Waals surface area contributed by atoms with Gasteiger partial charge in [0.2, 0.25) is 17.7 Å². The summed E-state index contributed by atoms with van der Waals surface area (Å²) in [4.78, 5) is 91.5. The smallest absolute Gasteiger partial charge is 0.343 e. The molecule has 4 aromatic carbocycles. The Hall–Kier alpha value is -4.80. The minimum absolute atomic E-state index is 0.0562. The van der Waals surface area contributed by atoms with E-state index in [9.17, 15) is 45.9 Å². The summed E-state index contributed by atoms with van der Waals surface area (Å²) < 4.78 is 80.2. The minimum Gasteiger partial charge on any atom is -0.343 e. The molecule has 0 aliphatic rings. The molecule has 0 aliphatic heterocycles. The van der Waals surface area contributed by atoms with Gasteiger partial charge in [0, 0.05) is 36.6 Å². The molecular formula is C35H36F4N4O10P2.